The first-order valence-corrected chi connectivity index (χ1v) is 4.13. The SMILES string of the molecule is CC(O)CCC1CS1. The van der Waals surface area contributed by atoms with E-state index in [0.29, 0.717) is 0 Å². The van der Waals surface area contributed by atoms with E-state index in [2.05, 4.69) is 0 Å². The van der Waals surface area contributed by atoms with Crippen molar-refractivity contribution in [1.29, 1.82) is 0 Å². The van der Waals surface area contributed by atoms with Crippen LogP contribution in [0.3, 0.4) is 0 Å². The summed E-state index contributed by atoms with van der Waals surface area (Å²) in [6.07, 6.45) is 2.11. The average molecular weight is 132 g/mol. The molecule has 48 valence electrons. The van der Waals surface area contributed by atoms with Crippen molar-refractivity contribution >= 4 is 11.8 Å². The lowest BCUT2D eigenvalue weighted by Gasteiger charge is -1.99. The molecule has 1 heterocycles. The highest BCUT2D eigenvalue weighted by molar-refractivity contribution is 8.06. The highest BCUT2D eigenvalue weighted by Crippen LogP contribution is 2.34. The lowest BCUT2D eigenvalue weighted by atomic mass is 10.2. The molecule has 0 aromatic rings. The molecule has 1 rings (SSSR count). The summed E-state index contributed by atoms with van der Waals surface area (Å²) in [5, 5.41) is 9.71. The van der Waals surface area contributed by atoms with Crippen molar-refractivity contribution in [3.63, 3.8) is 0 Å². The lowest BCUT2D eigenvalue weighted by molar-refractivity contribution is 0.182. The van der Waals surface area contributed by atoms with Crippen molar-refractivity contribution in [3.8, 4) is 0 Å². The summed E-state index contributed by atoms with van der Waals surface area (Å²) in [7, 11) is 0. The molecule has 0 aromatic carbocycles. The second-order valence-corrected chi connectivity index (χ2v) is 3.72. The van der Waals surface area contributed by atoms with Gasteiger partial charge in [0.1, 0.15) is 0 Å². The highest BCUT2D eigenvalue weighted by atomic mass is 32.2. The predicted octanol–water partition coefficient (Wildman–Crippen LogP) is 1.26. The Morgan fingerprint density at radius 1 is 1.88 bits per heavy atom. The Morgan fingerprint density at radius 2 is 2.50 bits per heavy atom. The maximum absolute atomic E-state index is 8.82. The monoisotopic (exact) mass is 132 g/mol. The zero-order chi connectivity index (χ0) is 5.98. The van der Waals surface area contributed by atoms with E-state index in [4.69, 9.17) is 5.11 Å². The van der Waals surface area contributed by atoms with Gasteiger partial charge in [-0.05, 0) is 19.8 Å². The molecule has 1 saturated heterocycles. The highest BCUT2D eigenvalue weighted by Gasteiger charge is 2.21. The van der Waals surface area contributed by atoms with Crippen LogP contribution in [0.25, 0.3) is 0 Å². The maximum Gasteiger partial charge on any atom is 0.0512 e. The van der Waals surface area contributed by atoms with E-state index in [1.165, 1.54) is 12.2 Å². The molecule has 0 spiro atoms. The van der Waals surface area contributed by atoms with Gasteiger partial charge < -0.3 is 5.11 Å². The number of thioether (sulfide) groups is 1. The Kier molecular flexibility index (Phi) is 2.20. The van der Waals surface area contributed by atoms with Crippen LogP contribution in [0, 0.1) is 0 Å². The molecule has 1 aliphatic heterocycles. The minimum atomic E-state index is -0.0869. The largest absolute Gasteiger partial charge is 0.393 e. The van der Waals surface area contributed by atoms with Crippen LogP contribution in [-0.2, 0) is 0 Å². The molecule has 2 atom stereocenters. The molecule has 1 fully saturated rings. The summed E-state index contributed by atoms with van der Waals surface area (Å²) in [5.74, 6) is 1.33. The second kappa shape index (κ2) is 2.74. The Labute approximate surface area is 54.5 Å². The van der Waals surface area contributed by atoms with Crippen LogP contribution >= 0.6 is 11.8 Å². The molecule has 1 N–H and O–H groups in total. The first-order chi connectivity index (χ1) is 3.79. The summed E-state index contributed by atoms with van der Waals surface area (Å²) in [5.41, 5.74) is 0. The number of hydrogen-bond acceptors (Lipinski definition) is 2. The lowest BCUT2D eigenvalue weighted by Crippen LogP contribution is -2.00. The van der Waals surface area contributed by atoms with E-state index < -0.39 is 0 Å². The van der Waals surface area contributed by atoms with E-state index in [1.54, 1.807) is 0 Å². The first-order valence-electron chi connectivity index (χ1n) is 3.08. The van der Waals surface area contributed by atoms with Gasteiger partial charge in [-0.2, -0.15) is 11.8 Å². The fourth-order valence-electron chi connectivity index (χ4n) is 0.662. The topological polar surface area (TPSA) is 20.2 Å². The Bertz CT molecular complexity index is 66.9. The van der Waals surface area contributed by atoms with E-state index in [1.807, 2.05) is 18.7 Å². The van der Waals surface area contributed by atoms with Crippen LogP contribution in [0.2, 0.25) is 0 Å². The molecule has 0 amide bonds. The number of rotatable bonds is 3. The van der Waals surface area contributed by atoms with Crippen molar-refractivity contribution < 1.29 is 5.11 Å². The van der Waals surface area contributed by atoms with E-state index in [-0.39, 0.29) is 6.10 Å². The molecule has 1 aliphatic rings. The summed E-state index contributed by atoms with van der Waals surface area (Å²) >= 11 is 2.00. The average Bonchev–Trinajstić information content (AvgIpc) is 2.41. The van der Waals surface area contributed by atoms with E-state index >= 15 is 0 Å². The minimum Gasteiger partial charge on any atom is -0.393 e. The first kappa shape index (κ1) is 6.43. The summed E-state index contributed by atoms with van der Waals surface area (Å²) in [4.78, 5) is 0. The molecule has 0 aliphatic carbocycles. The van der Waals surface area contributed by atoms with Crippen LogP contribution in [0.1, 0.15) is 19.8 Å². The van der Waals surface area contributed by atoms with Gasteiger partial charge in [-0.3, -0.25) is 0 Å². The smallest absolute Gasteiger partial charge is 0.0512 e. The standard InChI is InChI=1S/C6H12OS/c1-5(7)2-3-6-4-8-6/h5-7H,2-4H2,1H3. The number of aliphatic hydroxyl groups excluding tert-OH is 1. The summed E-state index contributed by atoms with van der Waals surface area (Å²) in [6, 6.07) is 0. The van der Waals surface area contributed by atoms with Crippen molar-refractivity contribution in [3.05, 3.63) is 0 Å². The molecular weight excluding hydrogens is 120 g/mol. The number of aliphatic hydroxyl groups is 1. The van der Waals surface area contributed by atoms with Gasteiger partial charge in [0.2, 0.25) is 0 Å². The molecular formula is C6H12OS. The summed E-state index contributed by atoms with van der Waals surface area (Å²) < 4.78 is 0. The van der Waals surface area contributed by atoms with E-state index in [9.17, 15) is 0 Å². The molecule has 0 bridgehead atoms. The van der Waals surface area contributed by atoms with Gasteiger partial charge >= 0.3 is 0 Å². The van der Waals surface area contributed by atoms with Crippen LogP contribution in [0.15, 0.2) is 0 Å². The van der Waals surface area contributed by atoms with Gasteiger partial charge in [0.25, 0.3) is 0 Å². The molecule has 0 saturated carbocycles. The van der Waals surface area contributed by atoms with Gasteiger partial charge in [0.15, 0.2) is 0 Å². The Morgan fingerprint density at radius 3 is 2.88 bits per heavy atom. The van der Waals surface area contributed by atoms with Crippen LogP contribution in [0.5, 0.6) is 0 Å². The van der Waals surface area contributed by atoms with Crippen molar-refractivity contribution in [2.24, 2.45) is 0 Å². The normalized spacial score (nSPS) is 30.0. The molecule has 2 heteroatoms. The van der Waals surface area contributed by atoms with Gasteiger partial charge in [-0.25, -0.2) is 0 Å². The van der Waals surface area contributed by atoms with Gasteiger partial charge in [0, 0.05) is 11.0 Å². The van der Waals surface area contributed by atoms with Crippen molar-refractivity contribution in [2.45, 2.75) is 31.1 Å². The molecule has 0 radical (unpaired) electrons. The third kappa shape index (κ3) is 2.58. The third-order valence-corrected chi connectivity index (χ3v) is 2.35. The summed E-state index contributed by atoms with van der Waals surface area (Å²) in [6.45, 7) is 1.85. The third-order valence-electron chi connectivity index (χ3n) is 1.31. The predicted molar refractivity (Wildman–Crippen MR) is 37.2 cm³/mol. The van der Waals surface area contributed by atoms with Crippen LogP contribution in [-0.4, -0.2) is 22.2 Å². The Hall–Kier alpha value is 0.310. The van der Waals surface area contributed by atoms with Gasteiger partial charge in [0.05, 0.1) is 6.10 Å². The van der Waals surface area contributed by atoms with Gasteiger partial charge in [-0.15, -0.1) is 0 Å². The molecule has 8 heavy (non-hydrogen) atoms. The number of hydrogen-bond donors (Lipinski definition) is 1. The fraction of sp³-hybridized carbons (Fsp3) is 1.00. The molecule has 0 aromatic heterocycles. The van der Waals surface area contributed by atoms with E-state index in [0.717, 1.165) is 11.7 Å². The molecule has 2 unspecified atom stereocenters. The zero-order valence-corrected chi connectivity index (χ0v) is 5.95. The van der Waals surface area contributed by atoms with Crippen LogP contribution < -0.4 is 0 Å². The van der Waals surface area contributed by atoms with Crippen molar-refractivity contribution in [2.75, 3.05) is 5.75 Å². The van der Waals surface area contributed by atoms with Gasteiger partial charge in [-0.1, -0.05) is 0 Å². The van der Waals surface area contributed by atoms with Crippen molar-refractivity contribution in [1.82, 2.24) is 0 Å². The quantitative estimate of drug-likeness (QED) is 0.583. The Balaban J connectivity index is 1.87. The minimum absolute atomic E-state index is 0.0869. The fourth-order valence-corrected chi connectivity index (χ4v) is 1.27. The second-order valence-electron chi connectivity index (χ2n) is 2.38. The van der Waals surface area contributed by atoms with Crippen LogP contribution in [0.4, 0.5) is 0 Å². The maximum atomic E-state index is 8.82. The molecule has 1 nitrogen and oxygen atoms in total. The zero-order valence-electron chi connectivity index (χ0n) is 5.13.